The fourth-order valence-corrected chi connectivity index (χ4v) is 11.0. The molecule has 4 rings (SSSR count). The van der Waals surface area contributed by atoms with E-state index in [1.54, 1.807) is 5.30 Å². The molecule has 0 fully saturated rings. The molecule has 4 aromatic rings. The van der Waals surface area contributed by atoms with Crippen LogP contribution in [0.15, 0.2) is 77.3 Å². The van der Waals surface area contributed by atoms with Crippen molar-refractivity contribution in [2.45, 2.75) is 65.8 Å². The molecular weight excluding hydrogens is 603 g/mol. The summed E-state index contributed by atoms with van der Waals surface area (Å²) in [6.07, 6.45) is 11.9. The summed E-state index contributed by atoms with van der Waals surface area (Å²) in [5.74, 6) is 1.12. The number of fused-ring (bicyclic) bond motifs is 1. The molecule has 0 saturated carbocycles. The zero-order chi connectivity index (χ0) is 25.4. The summed E-state index contributed by atoms with van der Waals surface area (Å²) in [4.78, 5) is 5.29. The highest BCUT2D eigenvalue weighted by Gasteiger charge is 2.40. The van der Waals surface area contributed by atoms with E-state index in [0.29, 0.717) is 0 Å². The largest absolute Gasteiger partial charge is 1.00 e. The van der Waals surface area contributed by atoms with Crippen LogP contribution in [0.5, 0.6) is 0 Å². The van der Waals surface area contributed by atoms with Gasteiger partial charge in [0.1, 0.15) is 11.1 Å². The van der Waals surface area contributed by atoms with Gasteiger partial charge in [0.25, 0.3) is 0 Å². The maximum atomic E-state index is 5.29. The topological polar surface area (TPSA) is 17.8 Å². The molecule has 1 heterocycles. The molecule has 37 heavy (non-hydrogen) atoms. The van der Waals surface area contributed by atoms with E-state index in [1.165, 1.54) is 73.7 Å². The highest BCUT2D eigenvalue weighted by atomic mass is 79.9. The Labute approximate surface area is 243 Å². The fourth-order valence-electron chi connectivity index (χ4n) is 5.39. The van der Waals surface area contributed by atoms with Crippen molar-refractivity contribution < 1.29 is 17.0 Å². The number of imidazole rings is 1. The third-order valence-electron chi connectivity index (χ3n) is 7.42. The second-order valence-electron chi connectivity index (χ2n) is 10.00. The van der Waals surface area contributed by atoms with Gasteiger partial charge in [-0.15, -0.1) is 0 Å². The third kappa shape index (κ3) is 6.94. The van der Waals surface area contributed by atoms with Gasteiger partial charge >= 0.3 is 0 Å². The number of unbranched alkanes of at least 4 members (excludes halogenated alkanes) is 3. The number of rotatable bonds is 13. The van der Waals surface area contributed by atoms with E-state index in [0.717, 1.165) is 22.4 Å². The van der Waals surface area contributed by atoms with Gasteiger partial charge in [-0.05, 0) is 55.2 Å². The van der Waals surface area contributed by atoms with Crippen LogP contribution in [0.3, 0.4) is 0 Å². The van der Waals surface area contributed by atoms with Crippen LogP contribution in [0.4, 0.5) is 0 Å². The van der Waals surface area contributed by atoms with Gasteiger partial charge < -0.3 is 21.5 Å². The molecule has 0 bridgehead atoms. The molecule has 0 spiro atoms. The van der Waals surface area contributed by atoms with E-state index in [2.05, 4.69) is 114 Å². The Morgan fingerprint density at radius 1 is 0.730 bits per heavy atom. The predicted octanol–water partition coefficient (Wildman–Crippen LogP) is 6.56. The number of aromatic nitrogens is 2. The van der Waals surface area contributed by atoms with E-state index in [4.69, 9.17) is 4.98 Å². The minimum atomic E-state index is -1.32. The Hall–Kier alpha value is -1.48. The van der Waals surface area contributed by atoms with Gasteiger partial charge in [0.15, 0.2) is 0 Å². The average Bonchev–Trinajstić information content (AvgIpc) is 3.28. The number of hydrogen-bond donors (Lipinski definition) is 0. The summed E-state index contributed by atoms with van der Waals surface area (Å²) in [6, 6.07) is 26.5. The van der Waals surface area contributed by atoms with Crippen LogP contribution in [0.1, 0.15) is 64.9 Å². The highest BCUT2D eigenvalue weighted by Crippen LogP contribution is 2.61. The first-order valence-corrected chi connectivity index (χ1v) is 16.9. The third-order valence-corrected chi connectivity index (χ3v) is 13.1. The molecule has 0 N–H and O–H groups in total. The Morgan fingerprint density at radius 2 is 1.30 bits per heavy atom. The highest BCUT2D eigenvalue weighted by molar-refractivity contribution is 9.10. The monoisotopic (exact) mass is 642 g/mol. The van der Waals surface area contributed by atoms with Gasteiger partial charge in [-0.3, -0.25) is 0 Å². The zero-order valence-electron chi connectivity index (χ0n) is 22.6. The maximum absolute atomic E-state index is 5.29. The molecule has 0 aliphatic carbocycles. The summed E-state index contributed by atoms with van der Waals surface area (Å²) in [5.41, 5.74) is 4.92. The molecule has 3 aromatic carbocycles. The SMILES string of the molecule is CCCC[P+](CCCC)(CCCC)c1ccccc1-c1nc2ccccc2n1Cc1ccccc1Br.[Br-]. The smallest absolute Gasteiger partial charge is 0.145 e. The van der Waals surface area contributed by atoms with Crippen LogP contribution in [-0.4, -0.2) is 28.0 Å². The normalized spacial score (nSPS) is 11.6. The van der Waals surface area contributed by atoms with E-state index < -0.39 is 7.26 Å². The lowest BCUT2D eigenvalue weighted by Gasteiger charge is -2.29. The fraction of sp³-hybridized carbons (Fsp3) is 0.406. The number of para-hydroxylation sites is 2. The van der Waals surface area contributed by atoms with Crippen LogP contribution in [0.2, 0.25) is 0 Å². The first-order chi connectivity index (χ1) is 17.6. The molecule has 0 unspecified atom stereocenters. The van der Waals surface area contributed by atoms with Gasteiger partial charge in [-0.1, -0.05) is 98.4 Å². The first kappa shape index (κ1) is 30.1. The Bertz CT molecular complexity index is 1240. The van der Waals surface area contributed by atoms with Crippen molar-refractivity contribution in [3.05, 3.63) is 82.8 Å². The number of halogens is 2. The molecule has 5 heteroatoms. The van der Waals surface area contributed by atoms with Crippen LogP contribution in [0, 0.1) is 0 Å². The molecular formula is C32H41Br2N2P. The predicted molar refractivity (Wildman–Crippen MR) is 164 cm³/mol. The Morgan fingerprint density at radius 3 is 1.95 bits per heavy atom. The Balaban J connectivity index is 0.00000380. The second-order valence-corrected chi connectivity index (χ2v) is 15.0. The van der Waals surface area contributed by atoms with Crippen LogP contribution in [-0.2, 0) is 6.54 Å². The number of hydrogen-bond acceptors (Lipinski definition) is 1. The van der Waals surface area contributed by atoms with E-state index in [-0.39, 0.29) is 17.0 Å². The molecule has 1 aromatic heterocycles. The van der Waals surface area contributed by atoms with Crippen LogP contribution >= 0.6 is 23.2 Å². The second kappa shape index (κ2) is 14.6. The van der Waals surface area contributed by atoms with Gasteiger partial charge in [0, 0.05) is 11.7 Å². The quantitative estimate of drug-likeness (QED) is 0.151. The number of nitrogens with zero attached hydrogens (tertiary/aromatic N) is 2. The summed E-state index contributed by atoms with van der Waals surface area (Å²) >= 11 is 3.79. The van der Waals surface area contributed by atoms with Gasteiger partial charge in [0.2, 0.25) is 0 Å². The molecule has 0 atom stereocenters. The van der Waals surface area contributed by atoms with Crippen molar-refractivity contribution in [2.24, 2.45) is 0 Å². The minimum Gasteiger partial charge on any atom is -1.00 e. The molecule has 0 radical (unpaired) electrons. The lowest BCUT2D eigenvalue weighted by atomic mass is 10.2. The summed E-state index contributed by atoms with van der Waals surface area (Å²) < 4.78 is 3.60. The molecule has 0 saturated heterocycles. The molecule has 0 aliphatic rings. The van der Waals surface area contributed by atoms with Crippen molar-refractivity contribution in [1.29, 1.82) is 0 Å². The van der Waals surface area contributed by atoms with E-state index >= 15 is 0 Å². The lowest BCUT2D eigenvalue weighted by molar-refractivity contribution is -0.00000739. The summed E-state index contributed by atoms with van der Waals surface area (Å²) in [6.45, 7) is 7.84. The van der Waals surface area contributed by atoms with Gasteiger partial charge in [0.05, 0.1) is 41.6 Å². The van der Waals surface area contributed by atoms with Crippen molar-refractivity contribution in [2.75, 3.05) is 18.5 Å². The van der Waals surface area contributed by atoms with Gasteiger partial charge in [-0.25, -0.2) is 4.98 Å². The molecule has 0 aliphatic heterocycles. The van der Waals surface area contributed by atoms with Crippen LogP contribution in [0.25, 0.3) is 22.4 Å². The Kier molecular flexibility index (Phi) is 11.9. The first-order valence-electron chi connectivity index (χ1n) is 13.8. The average molecular weight is 644 g/mol. The summed E-state index contributed by atoms with van der Waals surface area (Å²) in [5, 5.41) is 1.61. The zero-order valence-corrected chi connectivity index (χ0v) is 26.7. The van der Waals surface area contributed by atoms with Crippen LogP contribution < -0.4 is 22.3 Å². The van der Waals surface area contributed by atoms with Crippen molar-refractivity contribution in [1.82, 2.24) is 9.55 Å². The van der Waals surface area contributed by atoms with Gasteiger partial charge in [-0.2, -0.15) is 0 Å². The minimum absolute atomic E-state index is 0. The number of benzene rings is 3. The molecule has 198 valence electrons. The standard InChI is InChI=1S/C32H41BrN2P.BrH/c1-4-7-22-36(23-8-5-2,24-9-6-3)31-21-15-11-17-27(31)32-34-29-19-13-14-20-30(29)35(32)25-26-16-10-12-18-28(26)33;/h10-21H,4-9,22-25H2,1-3H3;1H/q+1;/p-1. The van der Waals surface area contributed by atoms with Crippen molar-refractivity contribution >= 4 is 39.5 Å². The van der Waals surface area contributed by atoms with Crippen molar-refractivity contribution in [3.8, 4) is 11.4 Å². The molecule has 2 nitrogen and oxygen atoms in total. The van der Waals surface area contributed by atoms with E-state index in [1.807, 2.05) is 0 Å². The van der Waals surface area contributed by atoms with E-state index in [9.17, 15) is 0 Å². The van der Waals surface area contributed by atoms with Crippen molar-refractivity contribution in [3.63, 3.8) is 0 Å². The lowest BCUT2D eigenvalue weighted by Crippen LogP contribution is -3.00. The maximum Gasteiger partial charge on any atom is 0.145 e. The summed E-state index contributed by atoms with van der Waals surface area (Å²) in [7, 11) is -1.32. The molecule has 0 amide bonds.